The van der Waals surface area contributed by atoms with E-state index in [1.54, 1.807) is 6.92 Å². The van der Waals surface area contributed by atoms with E-state index in [9.17, 15) is 4.39 Å². The summed E-state index contributed by atoms with van der Waals surface area (Å²) < 4.78 is 12.0. The Hall–Kier alpha value is -0.110. The van der Waals surface area contributed by atoms with Gasteiger partial charge in [-0.2, -0.15) is 0 Å². The van der Waals surface area contributed by atoms with Gasteiger partial charge in [-0.1, -0.05) is 0 Å². The molecule has 0 bridgehead atoms. The molecule has 0 amide bonds. The Morgan fingerprint density at radius 3 is 2.62 bits per heavy atom. The van der Waals surface area contributed by atoms with E-state index in [0.717, 1.165) is 13.0 Å². The summed E-state index contributed by atoms with van der Waals surface area (Å²) in [6.07, 6.45) is 0.984. The zero-order valence-electron chi connectivity index (χ0n) is 5.58. The fraction of sp³-hybridized carbons (Fsp3) is 1.00. The van der Waals surface area contributed by atoms with Gasteiger partial charge in [-0.15, -0.1) is 0 Å². The molecule has 1 nitrogen and oxygen atoms in total. The van der Waals surface area contributed by atoms with Crippen molar-refractivity contribution in [1.82, 2.24) is 5.32 Å². The number of alkyl halides is 1. The zero-order chi connectivity index (χ0) is 6.41. The van der Waals surface area contributed by atoms with Crippen LogP contribution in [-0.2, 0) is 0 Å². The van der Waals surface area contributed by atoms with Gasteiger partial charge in [-0.05, 0) is 33.4 Å². The standard InChI is InChI=1S/C6H14FN/c1-6(7)4-3-5-8-2/h6,8H,3-5H2,1-2H3/t6-/m0/s1. The van der Waals surface area contributed by atoms with Crippen LogP contribution in [0.5, 0.6) is 0 Å². The fourth-order valence-electron chi connectivity index (χ4n) is 0.560. The van der Waals surface area contributed by atoms with Gasteiger partial charge in [0.2, 0.25) is 0 Å². The molecule has 0 aliphatic rings. The summed E-state index contributed by atoms with van der Waals surface area (Å²) in [7, 11) is 1.88. The third-order valence-electron chi connectivity index (χ3n) is 1.03. The molecule has 0 aromatic carbocycles. The highest BCUT2D eigenvalue weighted by Crippen LogP contribution is 1.97. The van der Waals surface area contributed by atoms with Crippen molar-refractivity contribution in [1.29, 1.82) is 0 Å². The lowest BCUT2D eigenvalue weighted by atomic mass is 10.2. The maximum atomic E-state index is 12.0. The lowest BCUT2D eigenvalue weighted by molar-refractivity contribution is 0.333. The van der Waals surface area contributed by atoms with Gasteiger partial charge in [0.05, 0.1) is 6.17 Å². The molecule has 0 fully saturated rings. The lowest BCUT2D eigenvalue weighted by Gasteiger charge is -1.98. The number of halogens is 1. The highest BCUT2D eigenvalue weighted by molar-refractivity contribution is 4.48. The molecule has 0 unspecified atom stereocenters. The first-order valence-electron chi connectivity index (χ1n) is 3.06. The Bertz CT molecular complexity index is 45.8. The average molecular weight is 119 g/mol. The predicted molar refractivity (Wildman–Crippen MR) is 33.7 cm³/mol. The molecule has 0 heterocycles. The predicted octanol–water partition coefficient (Wildman–Crippen LogP) is 1.34. The van der Waals surface area contributed by atoms with Crippen LogP contribution in [0.1, 0.15) is 19.8 Å². The molecule has 0 radical (unpaired) electrons. The van der Waals surface area contributed by atoms with Crippen LogP contribution in [0.3, 0.4) is 0 Å². The monoisotopic (exact) mass is 119 g/mol. The first-order chi connectivity index (χ1) is 3.77. The topological polar surface area (TPSA) is 12.0 Å². The minimum atomic E-state index is -0.636. The Kier molecular flexibility index (Phi) is 4.97. The first-order valence-corrected chi connectivity index (χ1v) is 3.06. The van der Waals surface area contributed by atoms with Gasteiger partial charge in [0.25, 0.3) is 0 Å². The molecule has 0 aromatic rings. The molecular formula is C6H14FN. The van der Waals surface area contributed by atoms with E-state index < -0.39 is 6.17 Å². The van der Waals surface area contributed by atoms with Gasteiger partial charge < -0.3 is 5.32 Å². The third kappa shape index (κ3) is 5.89. The fourth-order valence-corrected chi connectivity index (χ4v) is 0.560. The number of hydrogen-bond acceptors (Lipinski definition) is 1. The van der Waals surface area contributed by atoms with Crippen LogP contribution in [0.4, 0.5) is 4.39 Å². The first kappa shape index (κ1) is 7.89. The van der Waals surface area contributed by atoms with Gasteiger partial charge in [-0.3, -0.25) is 0 Å². The summed E-state index contributed by atoms with van der Waals surface area (Å²) in [6, 6.07) is 0. The van der Waals surface area contributed by atoms with E-state index in [0.29, 0.717) is 6.42 Å². The van der Waals surface area contributed by atoms with E-state index in [4.69, 9.17) is 0 Å². The van der Waals surface area contributed by atoms with Crippen molar-refractivity contribution in [2.75, 3.05) is 13.6 Å². The minimum Gasteiger partial charge on any atom is -0.320 e. The molecule has 1 N–H and O–H groups in total. The molecule has 2 heteroatoms. The van der Waals surface area contributed by atoms with Gasteiger partial charge >= 0.3 is 0 Å². The van der Waals surface area contributed by atoms with Crippen LogP contribution < -0.4 is 5.32 Å². The zero-order valence-corrected chi connectivity index (χ0v) is 5.58. The summed E-state index contributed by atoms with van der Waals surface area (Å²) in [6.45, 7) is 2.52. The van der Waals surface area contributed by atoms with Gasteiger partial charge in [0, 0.05) is 0 Å². The molecule has 0 saturated carbocycles. The van der Waals surface area contributed by atoms with Crippen LogP contribution in [0.25, 0.3) is 0 Å². The highest BCUT2D eigenvalue weighted by Gasteiger charge is 1.94. The normalized spacial score (nSPS) is 13.9. The Labute approximate surface area is 50.3 Å². The van der Waals surface area contributed by atoms with Gasteiger partial charge in [0.1, 0.15) is 0 Å². The maximum Gasteiger partial charge on any atom is 0.0974 e. The summed E-state index contributed by atoms with van der Waals surface area (Å²) in [5, 5.41) is 2.96. The van der Waals surface area contributed by atoms with Crippen LogP contribution in [-0.4, -0.2) is 19.8 Å². The van der Waals surface area contributed by atoms with Crippen molar-refractivity contribution < 1.29 is 4.39 Å². The number of nitrogens with one attached hydrogen (secondary N) is 1. The van der Waals surface area contributed by atoms with Crippen molar-refractivity contribution >= 4 is 0 Å². The van der Waals surface area contributed by atoms with E-state index >= 15 is 0 Å². The number of hydrogen-bond donors (Lipinski definition) is 1. The van der Waals surface area contributed by atoms with Crippen LogP contribution in [0.2, 0.25) is 0 Å². The van der Waals surface area contributed by atoms with Crippen LogP contribution in [0.15, 0.2) is 0 Å². The summed E-state index contributed by atoms with van der Waals surface area (Å²) in [5.74, 6) is 0. The minimum absolute atomic E-state index is 0.636. The highest BCUT2D eigenvalue weighted by atomic mass is 19.1. The number of rotatable bonds is 4. The Morgan fingerprint density at radius 2 is 2.25 bits per heavy atom. The molecule has 0 aliphatic heterocycles. The summed E-state index contributed by atoms with van der Waals surface area (Å²) in [4.78, 5) is 0. The molecule has 50 valence electrons. The molecule has 0 rings (SSSR count). The SMILES string of the molecule is CNCCC[C@H](C)F. The quantitative estimate of drug-likeness (QED) is 0.551. The molecule has 0 aliphatic carbocycles. The van der Waals surface area contributed by atoms with E-state index in [1.807, 2.05) is 7.05 Å². The maximum absolute atomic E-state index is 12.0. The Morgan fingerprint density at radius 1 is 1.62 bits per heavy atom. The van der Waals surface area contributed by atoms with E-state index in [2.05, 4.69) is 5.32 Å². The molecule has 1 atom stereocenters. The van der Waals surface area contributed by atoms with Crippen molar-refractivity contribution in [3.05, 3.63) is 0 Å². The van der Waals surface area contributed by atoms with Gasteiger partial charge in [-0.25, -0.2) is 4.39 Å². The van der Waals surface area contributed by atoms with Crippen molar-refractivity contribution in [2.45, 2.75) is 25.9 Å². The molecule has 0 saturated heterocycles. The van der Waals surface area contributed by atoms with Crippen LogP contribution >= 0.6 is 0 Å². The second-order valence-electron chi connectivity index (χ2n) is 2.03. The second-order valence-corrected chi connectivity index (χ2v) is 2.03. The van der Waals surface area contributed by atoms with Gasteiger partial charge in [0.15, 0.2) is 0 Å². The lowest BCUT2D eigenvalue weighted by Crippen LogP contribution is -2.08. The molecular weight excluding hydrogens is 105 g/mol. The molecule has 0 aromatic heterocycles. The molecule has 8 heavy (non-hydrogen) atoms. The largest absolute Gasteiger partial charge is 0.320 e. The summed E-state index contributed by atoms with van der Waals surface area (Å²) >= 11 is 0. The summed E-state index contributed by atoms with van der Waals surface area (Å²) in [5.41, 5.74) is 0. The smallest absolute Gasteiger partial charge is 0.0974 e. The van der Waals surface area contributed by atoms with Crippen molar-refractivity contribution in [3.63, 3.8) is 0 Å². The third-order valence-corrected chi connectivity index (χ3v) is 1.03. The van der Waals surface area contributed by atoms with Crippen LogP contribution in [0, 0.1) is 0 Å². The average Bonchev–Trinajstić information content (AvgIpc) is 1.66. The molecule has 0 spiro atoms. The van der Waals surface area contributed by atoms with E-state index in [-0.39, 0.29) is 0 Å². The second kappa shape index (κ2) is 5.04. The Balaban J connectivity index is 2.72. The van der Waals surface area contributed by atoms with E-state index in [1.165, 1.54) is 0 Å². The van der Waals surface area contributed by atoms with Crippen molar-refractivity contribution in [2.24, 2.45) is 0 Å². The van der Waals surface area contributed by atoms with Crippen molar-refractivity contribution in [3.8, 4) is 0 Å².